The molecule has 3 heterocycles. The van der Waals surface area contributed by atoms with E-state index in [9.17, 15) is 9.59 Å². The smallest absolute Gasteiger partial charge is 0.258 e. The molecule has 7 heteroatoms. The Morgan fingerprint density at radius 2 is 2.04 bits per heavy atom. The van der Waals surface area contributed by atoms with Crippen LogP contribution < -0.4 is 0 Å². The summed E-state index contributed by atoms with van der Waals surface area (Å²) < 4.78 is 1.83. The van der Waals surface area contributed by atoms with Gasteiger partial charge in [0.2, 0.25) is 5.91 Å². The van der Waals surface area contributed by atoms with Gasteiger partial charge in [-0.05, 0) is 46.7 Å². The number of hydrogen-bond acceptors (Lipinski definition) is 4. The van der Waals surface area contributed by atoms with Crippen LogP contribution in [0, 0.1) is 12.8 Å². The third kappa shape index (κ3) is 3.61. The van der Waals surface area contributed by atoms with Crippen molar-refractivity contribution in [2.45, 2.75) is 65.2 Å². The first-order valence-corrected chi connectivity index (χ1v) is 10.0. The van der Waals surface area contributed by atoms with Gasteiger partial charge in [0, 0.05) is 31.4 Å². The van der Waals surface area contributed by atoms with Crippen molar-refractivity contribution in [2.24, 2.45) is 5.92 Å². The lowest BCUT2D eigenvalue weighted by Gasteiger charge is -2.43. The van der Waals surface area contributed by atoms with Crippen LogP contribution in [0.2, 0.25) is 0 Å². The molecule has 7 nitrogen and oxygen atoms in total. The van der Waals surface area contributed by atoms with Gasteiger partial charge in [-0.1, -0.05) is 13.8 Å². The summed E-state index contributed by atoms with van der Waals surface area (Å²) >= 11 is 0. The third-order valence-corrected chi connectivity index (χ3v) is 6.06. The van der Waals surface area contributed by atoms with Gasteiger partial charge in [-0.3, -0.25) is 14.3 Å². The summed E-state index contributed by atoms with van der Waals surface area (Å²) in [6.45, 7) is 10.3. The number of piperazine rings is 1. The second-order valence-electron chi connectivity index (χ2n) is 8.56. The average Bonchev–Trinajstić information content (AvgIpc) is 3.20. The Labute approximate surface area is 162 Å². The molecule has 0 spiro atoms. The van der Waals surface area contributed by atoms with Crippen LogP contribution in [-0.4, -0.2) is 81.6 Å². The molecule has 2 fully saturated rings. The van der Waals surface area contributed by atoms with Gasteiger partial charge in [-0.2, -0.15) is 5.10 Å². The molecule has 0 bridgehead atoms. The number of carbonyl (C=O) groups is 2. The molecule has 3 rings (SSSR count). The van der Waals surface area contributed by atoms with Crippen LogP contribution in [0.4, 0.5) is 0 Å². The van der Waals surface area contributed by atoms with Crippen molar-refractivity contribution >= 4 is 11.8 Å². The standard InChI is InChI=1S/C20H33N5O2/c1-7-25-14(4)17(10-21-25)19(26)24-12-16-9-15(22(5)6)11-23(16)20(27)18(24)8-13(2)3/h10,13,15-16,18H,7-9,11-12H2,1-6H3/t15-,16-,18-/m0/s1. The van der Waals surface area contributed by atoms with E-state index in [0.29, 0.717) is 30.5 Å². The van der Waals surface area contributed by atoms with E-state index in [0.717, 1.165) is 25.2 Å². The molecule has 0 aliphatic carbocycles. The Balaban J connectivity index is 1.90. The highest BCUT2D eigenvalue weighted by molar-refractivity contribution is 5.99. The fourth-order valence-electron chi connectivity index (χ4n) is 4.42. The first-order chi connectivity index (χ1) is 12.7. The van der Waals surface area contributed by atoms with Gasteiger partial charge in [0.15, 0.2) is 0 Å². The Morgan fingerprint density at radius 1 is 1.33 bits per heavy atom. The van der Waals surface area contributed by atoms with E-state index in [2.05, 4.69) is 37.9 Å². The highest BCUT2D eigenvalue weighted by Crippen LogP contribution is 2.31. The van der Waals surface area contributed by atoms with Gasteiger partial charge in [0.05, 0.1) is 17.8 Å². The van der Waals surface area contributed by atoms with Gasteiger partial charge in [-0.15, -0.1) is 0 Å². The lowest BCUT2D eigenvalue weighted by atomic mass is 9.96. The normalized spacial score (nSPS) is 25.6. The van der Waals surface area contributed by atoms with Crippen LogP contribution in [0.15, 0.2) is 6.20 Å². The van der Waals surface area contributed by atoms with Crippen LogP contribution in [0.5, 0.6) is 0 Å². The van der Waals surface area contributed by atoms with Crippen molar-refractivity contribution in [3.63, 3.8) is 0 Å². The highest BCUT2D eigenvalue weighted by Gasteiger charge is 2.47. The summed E-state index contributed by atoms with van der Waals surface area (Å²) in [5.41, 5.74) is 1.49. The molecule has 27 heavy (non-hydrogen) atoms. The predicted molar refractivity (Wildman–Crippen MR) is 105 cm³/mol. The zero-order valence-corrected chi connectivity index (χ0v) is 17.5. The summed E-state index contributed by atoms with van der Waals surface area (Å²) in [6, 6.07) is 0.0936. The second-order valence-corrected chi connectivity index (χ2v) is 8.56. The Kier molecular flexibility index (Phi) is 5.60. The van der Waals surface area contributed by atoms with Crippen molar-refractivity contribution in [3.8, 4) is 0 Å². The molecule has 0 saturated carbocycles. The number of amides is 2. The molecule has 1 aromatic heterocycles. The maximum Gasteiger partial charge on any atom is 0.258 e. The van der Waals surface area contributed by atoms with Gasteiger partial charge >= 0.3 is 0 Å². The molecule has 3 atom stereocenters. The lowest BCUT2D eigenvalue weighted by molar-refractivity contribution is -0.142. The fraction of sp³-hybridized carbons (Fsp3) is 0.750. The number of aromatic nitrogens is 2. The van der Waals surface area contributed by atoms with Gasteiger partial charge in [0.1, 0.15) is 6.04 Å². The van der Waals surface area contributed by atoms with Crippen LogP contribution in [0.3, 0.4) is 0 Å². The van der Waals surface area contributed by atoms with Crippen LogP contribution in [0.25, 0.3) is 0 Å². The highest BCUT2D eigenvalue weighted by atomic mass is 16.2. The molecular formula is C20H33N5O2. The van der Waals surface area contributed by atoms with E-state index in [1.54, 1.807) is 6.20 Å². The Hall–Kier alpha value is -1.89. The summed E-state index contributed by atoms with van der Waals surface area (Å²) in [6.07, 6.45) is 3.27. The molecule has 2 amide bonds. The first kappa shape index (κ1) is 19.9. The topological polar surface area (TPSA) is 61.7 Å². The maximum atomic E-state index is 13.4. The number of nitrogens with zero attached hydrogens (tertiary/aromatic N) is 5. The molecule has 0 radical (unpaired) electrons. The molecule has 1 aromatic rings. The molecule has 0 aromatic carbocycles. The predicted octanol–water partition coefficient (Wildman–Crippen LogP) is 1.61. The largest absolute Gasteiger partial charge is 0.335 e. The number of aryl methyl sites for hydroxylation is 1. The van der Waals surface area contributed by atoms with Crippen molar-refractivity contribution in [2.75, 3.05) is 27.2 Å². The van der Waals surface area contributed by atoms with Crippen LogP contribution >= 0.6 is 0 Å². The summed E-state index contributed by atoms with van der Waals surface area (Å²) in [5.74, 6) is 0.398. The summed E-state index contributed by atoms with van der Waals surface area (Å²) in [4.78, 5) is 32.7. The van der Waals surface area contributed by atoms with Gasteiger partial charge in [0.25, 0.3) is 5.91 Å². The molecule has 2 saturated heterocycles. The van der Waals surface area contributed by atoms with E-state index < -0.39 is 0 Å². The minimum Gasteiger partial charge on any atom is -0.335 e. The first-order valence-electron chi connectivity index (χ1n) is 10.0. The van der Waals surface area contributed by atoms with Crippen LogP contribution in [-0.2, 0) is 11.3 Å². The molecular weight excluding hydrogens is 342 g/mol. The molecule has 2 aliphatic rings. The monoisotopic (exact) mass is 375 g/mol. The zero-order chi connectivity index (χ0) is 19.9. The fourth-order valence-corrected chi connectivity index (χ4v) is 4.42. The maximum absolute atomic E-state index is 13.4. The van der Waals surface area contributed by atoms with E-state index >= 15 is 0 Å². The van der Waals surface area contributed by atoms with Crippen molar-refractivity contribution in [1.82, 2.24) is 24.5 Å². The number of likely N-dealkylation sites (N-methyl/N-ethyl adjacent to an activating group) is 1. The minimum absolute atomic E-state index is 0.0563. The van der Waals surface area contributed by atoms with E-state index in [4.69, 9.17) is 0 Å². The Bertz CT molecular complexity index is 711. The van der Waals surface area contributed by atoms with Crippen molar-refractivity contribution in [3.05, 3.63) is 17.5 Å². The van der Waals surface area contributed by atoms with Crippen molar-refractivity contribution < 1.29 is 9.59 Å². The Morgan fingerprint density at radius 3 is 2.59 bits per heavy atom. The summed E-state index contributed by atoms with van der Waals surface area (Å²) in [5, 5.41) is 4.32. The molecule has 150 valence electrons. The number of rotatable bonds is 5. The minimum atomic E-state index is -0.376. The van der Waals surface area contributed by atoms with E-state index in [1.807, 2.05) is 28.3 Å². The number of hydrogen-bond donors (Lipinski definition) is 0. The van der Waals surface area contributed by atoms with Gasteiger partial charge in [-0.25, -0.2) is 0 Å². The molecule has 0 N–H and O–H groups in total. The summed E-state index contributed by atoms with van der Waals surface area (Å²) in [7, 11) is 4.12. The number of fused-ring (bicyclic) bond motifs is 1. The van der Waals surface area contributed by atoms with E-state index in [-0.39, 0.29) is 23.9 Å². The molecule has 0 unspecified atom stereocenters. The SMILES string of the molecule is CCn1ncc(C(=O)N2C[C@@H]3C[C@H](N(C)C)CN3C(=O)[C@@H]2CC(C)C)c1C. The molecule has 2 aliphatic heterocycles. The average molecular weight is 376 g/mol. The van der Waals surface area contributed by atoms with Gasteiger partial charge < -0.3 is 14.7 Å². The number of carbonyl (C=O) groups excluding carboxylic acids is 2. The van der Waals surface area contributed by atoms with Crippen molar-refractivity contribution in [1.29, 1.82) is 0 Å². The van der Waals surface area contributed by atoms with E-state index in [1.165, 1.54) is 0 Å². The quantitative estimate of drug-likeness (QED) is 0.785. The lowest BCUT2D eigenvalue weighted by Crippen LogP contribution is -2.61. The third-order valence-electron chi connectivity index (χ3n) is 6.06. The van der Waals surface area contributed by atoms with Crippen LogP contribution in [0.1, 0.15) is 49.7 Å². The zero-order valence-electron chi connectivity index (χ0n) is 17.5. The second kappa shape index (κ2) is 7.62.